The van der Waals surface area contributed by atoms with Gasteiger partial charge in [0.1, 0.15) is 10.6 Å². The van der Waals surface area contributed by atoms with Crippen molar-refractivity contribution in [2.24, 2.45) is 5.16 Å². The molecule has 6 nitrogen and oxygen atoms in total. The van der Waals surface area contributed by atoms with Crippen molar-refractivity contribution < 1.29 is 29.0 Å². The zero-order valence-electron chi connectivity index (χ0n) is 20.1. The Morgan fingerprint density at radius 1 is 1.08 bits per heavy atom. The number of nitrogens with zero attached hydrogens (tertiary/aromatic N) is 4. The van der Waals surface area contributed by atoms with Crippen molar-refractivity contribution in [3.05, 3.63) is 77.4 Å². The van der Waals surface area contributed by atoms with Gasteiger partial charge in [0.05, 0.1) is 31.4 Å². The molecule has 0 spiro atoms. The first kappa shape index (κ1) is 25.1. The van der Waals surface area contributed by atoms with Crippen LogP contribution < -0.4 is 4.74 Å². The molecule has 1 unspecified atom stereocenters. The lowest BCUT2D eigenvalue weighted by Gasteiger charge is -2.41. The minimum atomic E-state index is -9.72. The van der Waals surface area contributed by atoms with Crippen LogP contribution in [0.1, 0.15) is 35.8 Å². The molecule has 2 aliphatic rings. The molecule has 0 saturated carbocycles. The van der Waals surface area contributed by atoms with Gasteiger partial charge in [-0.25, -0.2) is 4.98 Å². The first-order valence-electron chi connectivity index (χ1n) is 11.5. The normalized spacial score (nSPS) is 20.9. The monoisotopic (exact) mass is 540 g/mol. The number of benzene rings is 2. The molecule has 37 heavy (non-hydrogen) atoms. The van der Waals surface area contributed by atoms with Crippen molar-refractivity contribution in [3.8, 4) is 11.4 Å². The Kier molecular flexibility index (Phi) is 5.59. The van der Waals surface area contributed by atoms with E-state index in [4.69, 9.17) is 9.57 Å². The Morgan fingerprint density at radius 3 is 2.49 bits per heavy atom. The van der Waals surface area contributed by atoms with Crippen molar-refractivity contribution in [2.75, 3.05) is 20.2 Å². The van der Waals surface area contributed by atoms with Crippen molar-refractivity contribution in [3.63, 3.8) is 0 Å². The lowest BCUT2D eigenvalue weighted by molar-refractivity contribution is 0.0183. The van der Waals surface area contributed by atoms with Crippen LogP contribution in [0.25, 0.3) is 11.8 Å². The molecule has 0 aliphatic carbocycles. The highest BCUT2D eigenvalue weighted by atomic mass is 32.5. The third-order valence-corrected chi connectivity index (χ3v) is 7.51. The average Bonchev–Trinajstić information content (AvgIpc) is 3.28. The molecule has 2 aliphatic heterocycles. The number of oxime groups is 1. The predicted octanol–water partition coefficient (Wildman–Crippen LogP) is 7.41. The van der Waals surface area contributed by atoms with E-state index in [-0.39, 0.29) is 0 Å². The van der Waals surface area contributed by atoms with Gasteiger partial charge in [-0.05, 0) is 66.8 Å². The van der Waals surface area contributed by atoms with Gasteiger partial charge in [0.15, 0.2) is 11.9 Å². The molecule has 0 bridgehead atoms. The minimum Gasteiger partial charge on any atom is -0.495 e. The molecule has 1 fully saturated rings. The van der Waals surface area contributed by atoms with Crippen LogP contribution in [-0.4, -0.2) is 40.5 Å². The van der Waals surface area contributed by atoms with E-state index in [0.29, 0.717) is 42.4 Å². The topological polar surface area (TPSA) is 51.9 Å². The van der Waals surface area contributed by atoms with Gasteiger partial charge in [-0.15, -0.1) is 0 Å². The molecule has 1 saturated heterocycles. The largest absolute Gasteiger partial charge is 0.495 e. The van der Waals surface area contributed by atoms with Crippen LogP contribution in [0.3, 0.4) is 0 Å². The number of amidine groups is 1. The second-order valence-electron chi connectivity index (χ2n) is 9.12. The summed E-state index contributed by atoms with van der Waals surface area (Å²) in [6.45, 7) is 2.95. The fourth-order valence-electron chi connectivity index (χ4n) is 4.52. The van der Waals surface area contributed by atoms with E-state index < -0.39 is 21.2 Å². The molecular weight excluding hydrogens is 515 g/mol. The average molecular weight is 541 g/mol. The molecular formula is C25H25F5N4O2S. The number of halogens is 5. The number of imidazole rings is 1. The zero-order chi connectivity index (χ0) is 26.5. The van der Waals surface area contributed by atoms with Crippen molar-refractivity contribution in [1.29, 1.82) is 0 Å². The minimum absolute atomic E-state index is 0.341. The van der Waals surface area contributed by atoms with Crippen LogP contribution in [0.4, 0.5) is 19.4 Å². The summed E-state index contributed by atoms with van der Waals surface area (Å²) >= 11 is 0. The lowest BCUT2D eigenvalue weighted by Crippen LogP contribution is -2.43. The Bertz CT molecular complexity index is 1400. The SMILES string of the molecule is COc1cc(C=C2CCCN3CC(c4ccc(S(F)(F)(F)(F)F)cc4)ON=C23)ccc1-n1cnc(C)c1. The number of rotatable bonds is 5. The summed E-state index contributed by atoms with van der Waals surface area (Å²) in [4.78, 5) is 9.95. The second kappa shape index (κ2) is 8.23. The van der Waals surface area contributed by atoms with Gasteiger partial charge in [0.25, 0.3) is 0 Å². The summed E-state index contributed by atoms with van der Waals surface area (Å²) in [6.07, 6.45) is 6.58. The summed E-state index contributed by atoms with van der Waals surface area (Å²) in [5.41, 5.74) is 3.95. The van der Waals surface area contributed by atoms with Crippen molar-refractivity contribution in [1.82, 2.24) is 14.5 Å². The van der Waals surface area contributed by atoms with Crippen LogP contribution in [0.5, 0.6) is 5.75 Å². The van der Waals surface area contributed by atoms with E-state index in [0.717, 1.165) is 47.5 Å². The highest BCUT2D eigenvalue weighted by molar-refractivity contribution is 8.45. The molecule has 0 N–H and O–H groups in total. The summed E-state index contributed by atoms with van der Waals surface area (Å²) in [5, 5.41) is 4.26. The second-order valence-corrected chi connectivity index (χ2v) is 11.5. The van der Waals surface area contributed by atoms with Crippen LogP contribution >= 0.6 is 10.2 Å². The number of fused-ring (bicyclic) bond motifs is 1. The van der Waals surface area contributed by atoms with Crippen LogP contribution in [0, 0.1) is 6.92 Å². The van der Waals surface area contributed by atoms with Gasteiger partial charge in [-0.3, -0.25) is 0 Å². The molecule has 198 valence electrons. The number of methoxy groups -OCH3 is 1. The number of aromatic nitrogens is 2. The van der Waals surface area contributed by atoms with Gasteiger partial charge in [0.2, 0.25) is 0 Å². The summed E-state index contributed by atoms with van der Waals surface area (Å²) in [5.74, 6) is 1.33. The standard InChI is InChI=1S/C25H25F5N4O2S/c1-17-14-34(16-31-17)22-10-5-18(13-23(22)35-2)12-20-4-3-11-33-15-24(36-32-25(20)33)19-6-8-21(9-7-19)37(26,27,28,29)30/h5-10,12-14,16,24H,3-4,11,15H2,1-2H3. The van der Waals surface area contributed by atoms with E-state index in [1.807, 2.05) is 46.9 Å². The maximum atomic E-state index is 13.0. The third kappa shape index (κ3) is 5.29. The highest BCUT2D eigenvalue weighted by Gasteiger charge is 2.65. The third-order valence-electron chi connectivity index (χ3n) is 6.35. The Morgan fingerprint density at radius 2 is 1.84 bits per heavy atom. The lowest BCUT2D eigenvalue weighted by atomic mass is 9.98. The number of ether oxygens (including phenoxy) is 1. The summed E-state index contributed by atoms with van der Waals surface area (Å²) < 4.78 is 72.7. The molecule has 12 heteroatoms. The quantitative estimate of drug-likeness (QED) is 0.316. The van der Waals surface area contributed by atoms with Crippen molar-refractivity contribution in [2.45, 2.75) is 30.8 Å². The number of hydrogen-bond donors (Lipinski definition) is 0. The van der Waals surface area contributed by atoms with Gasteiger partial charge in [0, 0.05) is 12.7 Å². The smallest absolute Gasteiger partial charge is 0.310 e. The van der Waals surface area contributed by atoms with E-state index in [9.17, 15) is 19.4 Å². The van der Waals surface area contributed by atoms with Gasteiger partial charge in [-0.2, -0.15) is 0 Å². The highest BCUT2D eigenvalue weighted by Crippen LogP contribution is 3.02. The van der Waals surface area contributed by atoms with Gasteiger partial charge >= 0.3 is 10.2 Å². The molecule has 5 rings (SSSR count). The summed E-state index contributed by atoms with van der Waals surface area (Å²) in [6, 6.07) is 8.68. The molecule has 3 heterocycles. The summed E-state index contributed by atoms with van der Waals surface area (Å²) in [7, 11) is -8.12. The molecule has 0 radical (unpaired) electrons. The number of aryl methyl sites for hydroxylation is 1. The van der Waals surface area contributed by atoms with Crippen LogP contribution in [0.2, 0.25) is 0 Å². The van der Waals surface area contributed by atoms with Gasteiger partial charge < -0.3 is 19.0 Å². The first-order chi connectivity index (χ1) is 17.3. The van der Waals surface area contributed by atoms with Crippen LogP contribution in [-0.2, 0) is 4.84 Å². The maximum absolute atomic E-state index is 13.0. The van der Waals surface area contributed by atoms with Gasteiger partial charge in [-0.1, -0.05) is 42.8 Å². The van der Waals surface area contributed by atoms with E-state index in [1.54, 1.807) is 13.4 Å². The predicted molar refractivity (Wildman–Crippen MR) is 133 cm³/mol. The number of piperidine rings is 1. The van der Waals surface area contributed by atoms with Crippen molar-refractivity contribution >= 4 is 22.1 Å². The molecule has 0 amide bonds. The molecule has 2 aromatic carbocycles. The van der Waals surface area contributed by atoms with E-state index >= 15 is 0 Å². The number of hydrogen-bond acceptors (Lipinski definition) is 5. The Balaban J connectivity index is 1.38. The van der Waals surface area contributed by atoms with E-state index in [1.165, 1.54) is 0 Å². The fraction of sp³-hybridized carbons (Fsp3) is 0.280. The maximum Gasteiger partial charge on any atom is 0.310 e. The van der Waals surface area contributed by atoms with Crippen LogP contribution in [0.15, 0.2) is 70.6 Å². The zero-order valence-corrected chi connectivity index (χ0v) is 20.9. The first-order valence-corrected chi connectivity index (χ1v) is 13.5. The molecule has 3 aromatic rings. The Hall–Kier alpha value is -3.54. The Labute approximate surface area is 210 Å². The molecule has 1 aromatic heterocycles. The fourth-order valence-corrected chi connectivity index (χ4v) is 5.17. The van der Waals surface area contributed by atoms with E-state index in [2.05, 4.69) is 10.1 Å². The molecule has 1 atom stereocenters.